The molecule has 0 aromatic carbocycles. The Morgan fingerprint density at radius 2 is 2.08 bits per heavy atom. The first-order valence-electron chi connectivity index (χ1n) is 9.41. The highest BCUT2D eigenvalue weighted by Crippen LogP contribution is 2.40. The van der Waals surface area contributed by atoms with Crippen LogP contribution in [0.15, 0.2) is 10.6 Å². The number of ether oxygens (including phenoxy) is 1. The van der Waals surface area contributed by atoms with E-state index in [1.807, 2.05) is 6.92 Å². The van der Waals surface area contributed by atoms with Crippen LogP contribution in [0.1, 0.15) is 66.7 Å². The predicted octanol–water partition coefficient (Wildman–Crippen LogP) is 2.83. The van der Waals surface area contributed by atoms with E-state index < -0.39 is 5.97 Å². The van der Waals surface area contributed by atoms with E-state index in [2.05, 4.69) is 10.1 Å². The van der Waals surface area contributed by atoms with Gasteiger partial charge >= 0.3 is 5.97 Å². The van der Waals surface area contributed by atoms with E-state index in [0.29, 0.717) is 29.0 Å². The van der Waals surface area contributed by atoms with Gasteiger partial charge in [0, 0.05) is 24.7 Å². The number of hydrogen-bond donors (Lipinski definition) is 0. The molecule has 0 spiro atoms. The van der Waals surface area contributed by atoms with Crippen LogP contribution in [-0.4, -0.2) is 46.6 Å². The molecule has 2 aromatic heterocycles. The van der Waals surface area contributed by atoms with Crippen LogP contribution in [0.4, 0.5) is 0 Å². The number of likely N-dealkylation sites (tertiary alicyclic amines) is 1. The molecule has 0 radical (unpaired) electrons. The summed E-state index contributed by atoms with van der Waals surface area (Å²) in [5, 5.41) is 4.71. The Labute approximate surface area is 151 Å². The molecule has 0 bridgehead atoms. The number of hydrogen-bond acceptors (Lipinski definition) is 6. The highest BCUT2D eigenvalue weighted by atomic mass is 16.5. The summed E-state index contributed by atoms with van der Waals surface area (Å²) in [6.45, 7) is 3.30. The number of carbonyl (C=O) groups excluding carboxylic acids is 2. The molecule has 138 valence electrons. The molecule has 2 aliphatic rings. The molecule has 0 unspecified atom stereocenters. The maximum atomic E-state index is 12.7. The molecular formula is C19H23N3O4. The first-order chi connectivity index (χ1) is 12.7. The van der Waals surface area contributed by atoms with Gasteiger partial charge < -0.3 is 14.2 Å². The normalized spacial score (nSPS) is 17.0. The van der Waals surface area contributed by atoms with E-state index >= 15 is 0 Å². The summed E-state index contributed by atoms with van der Waals surface area (Å²) < 4.78 is 10.7. The second-order valence-electron chi connectivity index (χ2n) is 7.09. The molecule has 0 atom stereocenters. The van der Waals surface area contributed by atoms with Gasteiger partial charge in [-0.25, -0.2) is 9.78 Å². The number of aromatic nitrogens is 2. The third-order valence-electron chi connectivity index (χ3n) is 5.02. The number of aryl methyl sites for hydroxylation is 1. The highest BCUT2D eigenvalue weighted by Gasteiger charge is 2.30. The molecule has 1 aliphatic heterocycles. The minimum atomic E-state index is -0.507. The lowest BCUT2D eigenvalue weighted by molar-refractivity contribution is -0.133. The van der Waals surface area contributed by atoms with Crippen molar-refractivity contribution < 1.29 is 18.8 Å². The van der Waals surface area contributed by atoms with Crippen LogP contribution >= 0.6 is 0 Å². The second kappa shape index (κ2) is 7.05. The molecule has 4 rings (SSSR count). The Kier molecular flexibility index (Phi) is 4.61. The van der Waals surface area contributed by atoms with Gasteiger partial charge in [-0.3, -0.25) is 4.79 Å². The molecule has 1 amide bonds. The zero-order valence-corrected chi connectivity index (χ0v) is 15.0. The van der Waals surface area contributed by atoms with Gasteiger partial charge in [0.2, 0.25) is 0 Å². The Bertz CT molecular complexity index is 835. The van der Waals surface area contributed by atoms with Crippen LogP contribution in [0.2, 0.25) is 0 Å². The fraction of sp³-hybridized carbons (Fsp3) is 0.579. The van der Waals surface area contributed by atoms with E-state index in [4.69, 9.17) is 9.26 Å². The fourth-order valence-corrected chi connectivity index (χ4v) is 3.45. The van der Waals surface area contributed by atoms with Gasteiger partial charge in [-0.15, -0.1) is 0 Å². The lowest BCUT2D eigenvalue weighted by atomic mass is 10.1. The van der Waals surface area contributed by atoms with E-state index in [1.165, 1.54) is 0 Å². The Morgan fingerprint density at radius 1 is 1.31 bits per heavy atom. The molecule has 0 N–H and O–H groups in total. The number of fused-ring (bicyclic) bond motifs is 1. The zero-order chi connectivity index (χ0) is 18.1. The second-order valence-corrected chi connectivity index (χ2v) is 7.09. The van der Waals surface area contributed by atoms with Crippen LogP contribution in [0.25, 0.3) is 11.1 Å². The summed E-state index contributed by atoms with van der Waals surface area (Å²) in [6.07, 6.45) is 5.73. The van der Waals surface area contributed by atoms with E-state index in [1.54, 1.807) is 11.0 Å². The quantitative estimate of drug-likeness (QED) is 0.739. The number of nitrogens with zero attached hydrogens (tertiary/aromatic N) is 3. The number of esters is 1. The first-order valence-corrected chi connectivity index (χ1v) is 9.41. The van der Waals surface area contributed by atoms with Crippen molar-refractivity contribution in [2.75, 3.05) is 19.7 Å². The van der Waals surface area contributed by atoms with Crippen LogP contribution in [-0.2, 0) is 16.0 Å². The number of carbonyl (C=O) groups is 2. The Hall–Kier alpha value is -2.44. The first kappa shape index (κ1) is 17.0. The number of pyridine rings is 1. The fourth-order valence-electron chi connectivity index (χ4n) is 3.45. The van der Waals surface area contributed by atoms with Crippen LogP contribution in [0.5, 0.6) is 0 Å². The summed E-state index contributed by atoms with van der Waals surface area (Å²) in [5.74, 6) is -0.271. The molecule has 1 saturated heterocycles. The van der Waals surface area contributed by atoms with Crippen LogP contribution in [0, 0.1) is 0 Å². The van der Waals surface area contributed by atoms with Gasteiger partial charge in [0.1, 0.15) is 0 Å². The molecule has 2 fully saturated rings. The maximum absolute atomic E-state index is 12.7. The van der Waals surface area contributed by atoms with E-state index in [0.717, 1.165) is 56.6 Å². The van der Waals surface area contributed by atoms with Crippen molar-refractivity contribution in [3.8, 4) is 0 Å². The molecular weight excluding hydrogens is 334 g/mol. The van der Waals surface area contributed by atoms with Gasteiger partial charge in [0.25, 0.3) is 11.6 Å². The summed E-state index contributed by atoms with van der Waals surface area (Å²) in [4.78, 5) is 31.2. The van der Waals surface area contributed by atoms with Gasteiger partial charge in [-0.05, 0) is 38.2 Å². The standard InChI is InChI=1S/C19H23N3O4/c1-2-5-14-17-13(10-15(12-6-7-12)20-18(17)26-21-14)19(24)25-11-16(23)22-8-3-4-9-22/h10,12H,2-9,11H2,1H3. The molecule has 7 nitrogen and oxygen atoms in total. The summed E-state index contributed by atoms with van der Waals surface area (Å²) in [7, 11) is 0. The minimum absolute atomic E-state index is 0.136. The summed E-state index contributed by atoms with van der Waals surface area (Å²) in [5.41, 5.74) is 2.36. The average molecular weight is 357 g/mol. The van der Waals surface area contributed by atoms with Crippen molar-refractivity contribution in [2.45, 2.75) is 51.4 Å². The monoisotopic (exact) mass is 357 g/mol. The van der Waals surface area contributed by atoms with Gasteiger partial charge in [0.05, 0.1) is 16.6 Å². The van der Waals surface area contributed by atoms with Crippen molar-refractivity contribution in [1.29, 1.82) is 0 Å². The molecule has 2 aromatic rings. The topological polar surface area (TPSA) is 85.5 Å². The minimum Gasteiger partial charge on any atom is -0.452 e. The van der Waals surface area contributed by atoms with Gasteiger partial charge in [0.15, 0.2) is 6.61 Å². The lowest BCUT2D eigenvalue weighted by Crippen LogP contribution is -2.32. The van der Waals surface area contributed by atoms with E-state index in [-0.39, 0.29) is 12.5 Å². The van der Waals surface area contributed by atoms with Crippen LogP contribution < -0.4 is 0 Å². The van der Waals surface area contributed by atoms with Gasteiger partial charge in [-0.2, -0.15) is 0 Å². The third kappa shape index (κ3) is 3.30. The number of amides is 1. The van der Waals surface area contributed by atoms with Crippen molar-refractivity contribution in [3.63, 3.8) is 0 Å². The lowest BCUT2D eigenvalue weighted by Gasteiger charge is -2.15. The smallest absolute Gasteiger partial charge is 0.339 e. The Balaban J connectivity index is 1.59. The van der Waals surface area contributed by atoms with Crippen molar-refractivity contribution in [1.82, 2.24) is 15.0 Å². The Morgan fingerprint density at radius 3 is 2.77 bits per heavy atom. The summed E-state index contributed by atoms with van der Waals surface area (Å²) in [6, 6.07) is 1.79. The number of rotatable bonds is 6. The molecule has 7 heteroatoms. The highest BCUT2D eigenvalue weighted by molar-refractivity contribution is 6.03. The largest absolute Gasteiger partial charge is 0.452 e. The third-order valence-corrected chi connectivity index (χ3v) is 5.02. The zero-order valence-electron chi connectivity index (χ0n) is 15.0. The summed E-state index contributed by atoms with van der Waals surface area (Å²) >= 11 is 0. The maximum Gasteiger partial charge on any atom is 0.339 e. The van der Waals surface area contributed by atoms with Crippen molar-refractivity contribution in [3.05, 3.63) is 23.0 Å². The molecule has 1 aliphatic carbocycles. The van der Waals surface area contributed by atoms with Crippen molar-refractivity contribution in [2.24, 2.45) is 0 Å². The predicted molar refractivity (Wildman–Crippen MR) is 93.9 cm³/mol. The van der Waals surface area contributed by atoms with Gasteiger partial charge in [-0.1, -0.05) is 18.5 Å². The molecule has 1 saturated carbocycles. The SMILES string of the molecule is CCCc1noc2nc(C3CC3)cc(C(=O)OCC(=O)N3CCCC3)c12. The molecule has 3 heterocycles. The van der Waals surface area contributed by atoms with E-state index in [9.17, 15) is 9.59 Å². The molecule has 26 heavy (non-hydrogen) atoms. The van der Waals surface area contributed by atoms with Crippen molar-refractivity contribution >= 4 is 23.0 Å². The van der Waals surface area contributed by atoms with Crippen LogP contribution in [0.3, 0.4) is 0 Å². The average Bonchev–Trinajstić information content (AvgIpc) is 3.20.